The second kappa shape index (κ2) is 12.1. The number of methoxy groups -OCH3 is 1. The molecule has 2 amide bonds. The fourth-order valence-electron chi connectivity index (χ4n) is 2.29. The van der Waals surface area contributed by atoms with Gasteiger partial charge in [0.2, 0.25) is 0 Å². The third-order valence-corrected chi connectivity index (χ3v) is 4.55. The Morgan fingerprint density at radius 3 is 2.50 bits per heavy atom. The molecule has 0 saturated heterocycles. The summed E-state index contributed by atoms with van der Waals surface area (Å²) in [5, 5.41) is 2.44. The predicted molar refractivity (Wildman–Crippen MR) is 120 cm³/mol. The average Bonchev–Trinajstić information content (AvgIpc) is 2.75. The lowest BCUT2D eigenvalue weighted by Gasteiger charge is -2.12. The lowest BCUT2D eigenvalue weighted by atomic mass is 10.2. The van der Waals surface area contributed by atoms with Gasteiger partial charge < -0.3 is 14.2 Å². The highest BCUT2D eigenvalue weighted by molar-refractivity contribution is 9.10. The van der Waals surface area contributed by atoms with Crippen molar-refractivity contribution in [3.63, 3.8) is 0 Å². The van der Waals surface area contributed by atoms with Crippen LogP contribution < -0.4 is 25.6 Å². The van der Waals surface area contributed by atoms with Gasteiger partial charge in [0, 0.05) is 17.7 Å². The number of amides is 2. The van der Waals surface area contributed by atoms with Crippen LogP contribution in [-0.2, 0) is 4.74 Å². The van der Waals surface area contributed by atoms with Crippen LogP contribution in [0.15, 0.2) is 46.9 Å². The summed E-state index contributed by atoms with van der Waals surface area (Å²) in [5.74, 6) is 0.273. The summed E-state index contributed by atoms with van der Waals surface area (Å²) in [6.45, 7) is 3.36. The number of hydrogen-bond donors (Lipinski definition) is 3. The van der Waals surface area contributed by atoms with Gasteiger partial charge in [-0.15, -0.1) is 0 Å². The third-order valence-electron chi connectivity index (χ3n) is 3.73. The van der Waals surface area contributed by atoms with Gasteiger partial charge in [-0.3, -0.25) is 25.8 Å². The van der Waals surface area contributed by atoms with E-state index in [1.54, 1.807) is 42.5 Å². The monoisotopic (exact) mass is 495 g/mol. The maximum absolute atomic E-state index is 12.4. The van der Waals surface area contributed by atoms with Crippen LogP contribution in [0.2, 0.25) is 0 Å². The molecule has 8 nitrogen and oxygen atoms in total. The van der Waals surface area contributed by atoms with Crippen LogP contribution in [0.1, 0.15) is 27.6 Å². The third kappa shape index (κ3) is 7.29. The van der Waals surface area contributed by atoms with E-state index < -0.39 is 11.8 Å². The molecule has 0 atom stereocenters. The first-order chi connectivity index (χ1) is 14.4. The van der Waals surface area contributed by atoms with Gasteiger partial charge in [-0.25, -0.2) is 0 Å². The molecule has 0 saturated carbocycles. The lowest BCUT2D eigenvalue weighted by molar-refractivity contribution is 0.0934. The van der Waals surface area contributed by atoms with E-state index in [4.69, 9.17) is 26.4 Å². The van der Waals surface area contributed by atoms with Gasteiger partial charge in [-0.2, -0.15) is 0 Å². The summed E-state index contributed by atoms with van der Waals surface area (Å²) in [6.07, 6.45) is 0. The molecule has 0 aliphatic heterocycles. The highest BCUT2D eigenvalue weighted by atomic mass is 79.9. The Hall–Kier alpha value is -2.69. The molecule has 0 bridgehead atoms. The molecule has 10 heteroatoms. The summed E-state index contributed by atoms with van der Waals surface area (Å²) in [7, 11) is 1.53. The topological polar surface area (TPSA) is 97.9 Å². The van der Waals surface area contributed by atoms with Crippen molar-refractivity contribution in [2.24, 2.45) is 0 Å². The number of hydrogen-bond acceptors (Lipinski definition) is 6. The van der Waals surface area contributed by atoms with Gasteiger partial charge in [-0.05, 0) is 71.5 Å². The molecule has 2 rings (SSSR count). The Morgan fingerprint density at radius 1 is 1.03 bits per heavy atom. The van der Waals surface area contributed by atoms with Crippen molar-refractivity contribution in [1.29, 1.82) is 0 Å². The number of carbonyl (C=O) groups excluding carboxylic acids is 2. The van der Waals surface area contributed by atoms with Crippen molar-refractivity contribution in [2.45, 2.75) is 6.92 Å². The molecule has 2 aromatic rings. The van der Waals surface area contributed by atoms with E-state index >= 15 is 0 Å². The minimum Gasteiger partial charge on any atom is -0.496 e. The van der Waals surface area contributed by atoms with E-state index in [2.05, 4.69) is 32.1 Å². The van der Waals surface area contributed by atoms with Crippen molar-refractivity contribution < 1.29 is 23.8 Å². The molecule has 0 radical (unpaired) electrons. The number of nitrogens with one attached hydrogen (secondary N) is 3. The molecular weight excluding hydrogens is 474 g/mol. The van der Waals surface area contributed by atoms with E-state index in [1.807, 2.05) is 6.92 Å². The summed E-state index contributed by atoms with van der Waals surface area (Å²) < 4.78 is 16.5. The van der Waals surface area contributed by atoms with Crippen LogP contribution in [0.3, 0.4) is 0 Å². The van der Waals surface area contributed by atoms with Crippen LogP contribution in [0, 0.1) is 0 Å². The number of thiocarbonyl (C=S) groups is 1. The molecule has 0 aliphatic carbocycles. The Bertz CT molecular complexity index is 910. The van der Waals surface area contributed by atoms with Crippen LogP contribution in [0.4, 0.5) is 0 Å². The average molecular weight is 496 g/mol. The van der Waals surface area contributed by atoms with E-state index in [0.717, 1.165) is 0 Å². The minimum absolute atomic E-state index is 0.0522. The Kier molecular flexibility index (Phi) is 9.52. The molecular formula is C20H22BrN3O5S. The van der Waals surface area contributed by atoms with Crippen molar-refractivity contribution in [3.8, 4) is 11.5 Å². The molecule has 30 heavy (non-hydrogen) atoms. The zero-order chi connectivity index (χ0) is 21.9. The highest BCUT2D eigenvalue weighted by Gasteiger charge is 2.12. The van der Waals surface area contributed by atoms with Gasteiger partial charge >= 0.3 is 0 Å². The fraction of sp³-hybridized carbons (Fsp3) is 0.250. The molecule has 0 aliphatic rings. The molecule has 2 aromatic carbocycles. The molecule has 160 valence electrons. The molecule has 0 spiro atoms. The first-order valence-electron chi connectivity index (χ1n) is 9.00. The first-order valence-corrected chi connectivity index (χ1v) is 10.2. The maximum atomic E-state index is 12.4. The van der Waals surface area contributed by atoms with Gasteiger partial charge in [0.15, 0.2) is 5.11 Å². The quantitative estimate of drug-likeness (QED) is 0.294. The fourth-order valence-corrected chi connectivity index (χ4v) is 2.97. The number of hydrazine groups is 1. The Balaban J connectivity index is 1.85. The van der Waals surface area contributed by atoms with Crippen molar-refractivity contribution in [1.82, 2.24) is 16.2 Å². The molecule has 0 fully saturated rings. The van der Waals surface area contributed by atoms with Gasteiger partial charge in [0.25, 0.3) is 11.8 Å². The van der Waals surface area contributed by atoms with Crippen LogP contribution in [-0.4, -0.2) is 43.9 Å². The molecule has 3 N–H and O–H groups in total. The highest BCUT2D eigenvalue weighted by Crippen LogP contribution is 2.25. The SMILES string of the molecule is CCOCCOc1cccc(C(=O)NC(=S)NNC(=O)c2ccc(OC)c(Br)c2)c1. The van der Waals surface area contributed by atoms with E-state index in [-0.39, 0.29) is 5.11 Å². The number of carbonyl (C=O) groups is 2. The van der Waals surface area contributed by atoms with Gasteiger partial charge in [0.05, 0.1) is 18.2 Å². The number of halogens is 1. The summed E-state index contributed by atoms with van der Waals surface area (Å²) in [6, 6.07) is 11.5. The second-order valence-corrected chi connectivity index (χ2v) is 7.05. The minimum atomic E-state index is -0.441. The summed E-state index contributed by atoms with van der Waals surface area (Å²) in [4.78, 5) is 24.6. The van der Waals surface area contributed by atoms with Crippen molar-refractivity contribution in [2.75, 3.05) is 26.9 Å². The zero-order valence-corrected chi connectivity index (χ0v) is 18.9. The molecule has 0 heterocycles. The summed E-state index contributed by atoms with van der Waals surface area (Å²) >= 11 is 8.38. The largest absolute Gasteiger partial charge is 0.496 e. The molecule has 0 unspecified atom stereocenters. The standard InChI is InChI=1S/C20H22BrN3O5S/c1-3-28-9-10-29-15-6-4-5-13(11-15)18(25)22-20(30)24-23-19(26)14-7-8-17(27-2)16(21)12-14/h4-8,11-12H,3,9-10H2,1-2H3,(H,23,26)(H2,22,24,25,30). The Morgan fingerprint density at radius 2 is 1.80 bits per heavy atom. The molecule has 0 aromatic heterocycles. The van der Waals surface area contributed by atoms with E-state index in [1.165, 1.54) is 7.11 Å². The summed E-state index contributed by atoms with van der Waals surface area (Å²) in [5.41, 5.74) is 5.66. The smallest absolute Gasteiger partial charge is 0.269 e. The van der Waals surface area contributed by atoms with E-state index in [9.17, 15) is 9.59 Å². The number of benzene rings is 2. The number of rotatable bonds is 8. The first kappa shape index (κ1) is 23.6. The van der Waals surface area contributed by atoms with Gasteiger partial charge in [-0.1, -0.05) is 6.07 Å². The van der Waals surface area contributed by atoms with Crippen molar-refractivity contribution >= 4 is 45.1 Å². The zero-order valence-electron chi connectivity index (χ0n) is 16.5. The van der Waals surface area contributed by atoms with Crippen LogP contribution in [0.25, 0.3) is 0 Å². The second-order valence-electron chi connectivity index (χ2n) is 5.78. The normalized spacial score (nSPS) is 10.1. The maximum Gasteiger partial charge on any atom is 0.269 e. The van der Waals surface area contributed by atoms with Crippen molar-refractivity contribution in [3.05, 3.63) is 58.1 Å². The lowest BCUT2D eigenvalue weighted by Crippen LogP contribution is -2.48. The number of ether oxygens (including phenoxy) is 3. The Labute approximate surface area is 188 Å². The van der Waals surface area contributed by atoms with Crippen LogP contribution in [0.5, 0.6) is 11.5 Å². The van der Waals surface area contributed by atoms with Crippen LogP contribution >= 0.6 is 28.1 Å². The predicted octanol–water partition coefficient (Wildman–Crippen LogP) is 2.82. The van der Waals surface area contributed by atoms with Gasteiger partial charge in [0.1, 0.15) is 18.1 Å². The van der Waals surface area contributed by atoms with E-state index in [0.29, 0.717) is 46.9 Å².